The highest BCUT2D eigenvalue weighted by Gasteiger charge is 2.49. The van der Waals surface area contributed by atoms with Crippen molar-refractivity contribution >= 4 is 0 Å². The van der Waals surface area contributed by atoms with Crippen molar-refractivity contribution in [2.75, 3.05) is 13.6 Å². The molecule has 2 heteroatoms. The highest BCUT2D eigenvalue weighted by molar-refractivity contribution is 5.04. The molecular formula is C11H22N2. The van der Waals surface area contributed by atoms with E-state index in [1.807, 2.05) is 7.05 Å². The molecule has 0 aromatic rings. The highest BCUT2D eigenvalue weighted by Crippen LogP contribution is 2.51. The predicted molar refractivity (Wildman–Crippen MR) is 55.5 cm³/mol. The van der Waals surface area contributed by atoms with Gasteiger partial charge in [-0.05, 0) is 44.1 Å². The topological polar surface area (TPSA) is 38.0 Å². The third-order valence-electron chi connectivity index (χ3n) is 4.04. The first-order valence-electron chi connectivity index (χ1n) is 5.69. The van der Waals surface area contributed by atoms with E-state index >= 15 is 0 Å². The first kappa shape index (κ1) is 9.47. The summed E-state index contributed by atoms with van der Waals surface area (Å²) in [4.78, 5) is 0. The van der Waals surface area contributed by atoms with Gasteiger partial charge in [0.2, 0.25) is 0 Å². The summed E-state index contributed by atoms with van der Waals surface area (Å²) in [6.45, 7) is 1.13. The minimum absolute atomic E-state index is 0.474. The first-order valence-corrected chi connectivity index (χ1v) is 5.69. The Labute approximate surface area is 81.3 Å². The summed E-state index contributed by atoms with van der Waals surface area (Å²) in [5, 5.41) is 3.29. The van der Waals surface area contributed by atoms with Gasteiger partial charge in [0.05, 0.1) is 0 Å². The van der Waals surface area contributed by atoms with Crippen molar-refractivity contribution in [1.29, 1.82) is 0 Å². The Bertz CT molecular complexity index is 169. The van der Waals surface area contributed by atoms with Crippen molar-refractivity contribution in [3.05, 3.63) is 0 Å². The molecule has 0 saturated heterocycles. The third kappa shape index (κ3) is 1.75. The van der Waals surface area contributed by atoms with E-state index in [0.29, 0.717) is 11.5 Å². The maximum Gasteiger partial charge on any atom is 0.0136 e. The molecule has 0 aromatic carbocycles. The Morgan fingerprint density at radius 3 is 2.46 bits per heavy atom. The second-order valence-electron chi connectivity index (χ2n) is 4.96. The molecule has 0 amide bonds. The van der Waals surface area contributed by atoms with Crippen LogP contribution in [0.2, 0.25) is 0 Å². The first-order chi connectivity index (χ1) is 6.28. The number of nitrogens with one attached hydrogen (secondary N) is 1. The van der Waals surface area contributed by atoms with Crippen LogP contribution in [0.25, 0.3) is 0 Å². The van der Waals surface area contributed by atoms with E-state index in [0.717, 1.165) is 12.5 Å². The zero-order valence-electron chi connectivity index (χ0n) is 8.68. The van der Waals surface area contributed by atoms with Crippen molar-refractivity contribution in [2.24, 2.45) is 17.1 Å². The van der Waals surface area contributed by atoms with Crippen LogP contribution in [-0.2, 0) is 0 Å². The fourth-order valence-electron chi connectivity index (χ4n) is 2.96. The molecular weight excluding hydrogens is 160 g/mol. The lowest BCUT2D eigenvalue weighted by Crippen LogP contribution is -2.42. The maximum absolute atomic E-state index is 6.37. The van der Waals surface area contributed by atoms with Crippen LogP contribution in [0, 0.1) is 11.3 Å². The van der Waals surface area contributed by atoms with Gasteiger partial charge in [0.25, 0.3) is 0 Å². The lowest BCUT2D eigenvalue weighted by molar-refractivity contribution is 0.286. The molecule has 1 atom stereocenters. The molecule has 0 heterocycles. The Balaban J connectivity index is 1.91. The average molecular weight is 182 g/mol. The highest BCUT2D eigenvalue weighted by atomic mass is 14.9. The minimum Gasteiger partial charge on any atom is -0.327 e. The van der Waals surface area contributed by atoms with E-state index < -0.39 is 0 Å². The average Bonchev–Trinajstić information content (AvgIpc) is 2.72. The molecule has 13 heavy (non-hydrogen) atoms. The largest absolute Gasteiger partial charge is 0.327 e. The Hall–Kier alpha value is -0.0800. The second kappa shape index (κ2) is 3.58. The summed E-state index contributed by atoms with van der Waals surface area (Å²) < 4.78 is 0. The molecule has 0 aliphatic heterocycles. The Morgan fingerprint density at radius 2 is 2.00 bits per heavy atom. The number of hydrogen-bond donors (Lipinski definition) is 2. The molecule has 0 radical (unpaired) electrons. The van der Waals surface area contributed by atoms with Gasteiger partial charge < -0.3 is 11.1 Å². The molecule has 76 valence electrons. The van der Waals surface area contributed by atoms with Gasteiger partial charge in [0, 0.05) is 12.6 Å². The number of hydrogen-bond acceptors (Lipinski definition) is 2. The minimum atomic E-state index is 0.474. The van der Waals surface area contributed by atoms with Gasteiger partial charge in [-0.2, -0.15) is 0 Å². The second-order valence-corrected chi connectivity index (χ2v) is 4.96. The van der Waals surface area contributed by atoms with Crippen LogP contribution < -0.4 is 11.1 Å². The van der Waals surface area contributed by atoms with Crippen LogP contribution >= 0.6 is 0 Å². The third-order valence-corrected chi connectivity index (χ3v) is 4.04. The van der Waals surface area contributed by atoms with Gasteiger partial charge in [-0.25, -0.2) is 0 Å². The van der Waals surface area contributed by atoms with E-state index in [4.69, 9.17) is 5.73 Å². The molecule has 0 spiro atoms. The Kier molecular flexibility index (Phi) is 2.61. The molecule has 1 unspecified atom stereocenters. The van der Waals surface area contributed by atoms with Gasteiger partial charge in [0.1, 0.15) is 0 Å². The fraction of sp³-hybridized carbons (Fsp3) is 1.00. The normalized spacial score (nSPS) is 29.1. The van der Waals surface area contributed by atoms with Crippen molar-refractivity contribution in [3.63, 3.8) is 0 Å². The quantitative estimate of drug-likeness (QED) is 0.691. The summed E-state index contributed by atoms with van der Waals surface area (Å²) in [7, 11) is 2.04. The molecule has 2 aliphatic carbocycles. The van der Waals surface area contributed by atoms with E-state index in [-0.39, 0.29) is 0 Å². The van der Waals surface area contributed by atoms with Crippen molar-refractivity contribution < 1.29 is 0 Å². The predicted octanol–water partition coefficient (Wildman–Crippen LogP) is 1.50. The fourth-order valence-corrected chi connectivity index (χ4v) is 2.96. The standard InChI is InChI=1S/C11H22N2/c1-13-8-11(6-7-11)10(12)9-4-2-3-5-9/h9-10,13H,2-8,12H2,1H3. The van der Waals surface area contributed by atoms with Gasteiger partial charge >= 0.3 is 0 Å². The van der Waals surface area contributed by atoms with Crippen LogP contribution in [0.15, 0.2) is 0 Å². The molecule has 2 nitrogen and oxygen atoms in total. The van der Waals surface area contributed by atoms with Crippen LogP contribution in [0.5, 0.6) is 0 Å². The van der Waals surface area contributed by atoms with Gasteiger partial charge in [-0.3, -0.25) is 0 Å². The van der Waals surface area contributed by atoms with Crippen LogP contribution in [-0.4, -0.2) is 19.6 Å². The molecule has 3 N–H and O–H groups in total. The number of nitrogens with two attached hydrogens (primary N) is 1. The lowest BCUT2D eigenvalue weighted by Gasteiger charge is -2.28. The van der Waals surface area contributed by atoms with Crippen molar-refractivity contribution in [1.82, 2.24) is 5.32 Å². The van der Waals surface area contributed by atoms with E-state index in [1.54, 1.807) is 0 Å². The molecule has 0 aromatic heterocycles. The van der Waals surface area contributed by atoms with Crippen molar-refractivity contribution in [3.8, 4) is 0 Å². The van der Waals surface area contributed by atoms with Gasteiger partial charge in [-0.1, -0.05) is 12.8 Å². The summed E-state index contributed by atoms with van der Waals surface area (Å²) >= 11 is 0. The number of rotatable bonds is 4. The summed E-state index contributed by atoms with van der Waals surface area (Å²) in [5.41, 5.74) is 6.86. The van der Waals surface area contributed by atoms with Gasteiger partial charge in [-0.15, -0.1) is 0 Å². The zero-order chi connectivity index (χ0) is 9.31. The zero-order valence-corrected chi connectivity index (χ0v) is 8.68. The summed E-state index contributed by atoms with van der Waals surface area (Å²) in [6.07, 6.45) is 8.29. The molecule has 2 rings (SSSR count). The molecule has 2 aliphatic rings. The maximum atomic E-state index is 6.37. The monoisotopic (exact) mass is 182 g/mol. The lowest BCUT2D eigenvalue weighted by atomic mass is 9.85. The summed E-state index contributed by atoms with van der Waals surface area (Å²) in [6, 6.07) is 0.474. The smallest absolute Gasteiger partial charge is 0.0136 e. The summed E-state index contributed by atoms with van der Waals surface area (Å²) in [5.74, 6) is 0.829. The van der Waals surface area contributed by atoms with Crippen LogP contribution in [0.1, 0.15) is 38.5 Å². The van der Waals surface area contributed by atoms with E-state index in [1.165, 1.54) is 38.5 Å². The van der Waals surface area contributed by atoms with Crippen molar-refractivity contribution in [2.45, 2.75) is 44.6 Å². The van der Waals surface area contributed by atoms with Crippen LogP contribution in [0.3, 0.4) is 0 Å². The Morgan fingerprint density at radius 1 is 1.38 bits per heavy atom. The molecule has 2 saturated carbocycles. The SMILES string of the molecule is CNCC1(C(N)C2CCCC2)CC1. The molecule has 2 fully saturated rings. The van der Waals surface area contributed by atoms with E-state index in [2.05, 4.69) is 5.32 Å². The van der Waals surface area contributed by atoms with Gasteiger partial charge in [0.15, 0.2) is 0 Å². The van der Waals surface area contributed by atoms with Crippen LogP contribution in [0.4, 0.5) is 0 Å². The molecule has 0 bridgehead atoms. The van der Waals surface area contributed by atoms with E-state index in [9.17, 15) is 0 Å².